The topological polar surface area (TPSA) is 85.7 Å². The fourth-order valence-corrected chi connectivity index (χ4v) is 3.35. The van der Waals surface area contributed by atoms with Crippen molar-refractivity contribution >= 4 is 23.3 Å². The molecular weight excluding hydrogens is 415 g/mol. The van der Waals surface area contributed by atoms with Crippen molar-refractivity contribution in [2.75, 3.05) is 36.5 Å². The number of morpholine rings is 1. The Bertz CT molecular complexity index is 1080. The molecule has 1 aliphatic heterocycles. The first-order valence-electron chi connectivity index (χ1n) is 10.2. The number of hydrogen-bond donors (Lipinski definition) is 1. The quantitative estimate of drug-likeness (QED) is 0.596. The van der Waals surface area contributed by atoms with E-state index in [1.807, 2.05) is 12.1 Å². The van der Waals surface area contributed by atoms with Gasteiger partial charge in [0.25, 0.3) is 5.91 Å². The van der Waals surface area contributed by atoms with Crippen LogP contribution in [0.1, 0.15) is 17.4 Å². The van der Waals surface area contributed by atoms with Gasteiger partial charge in [-0.15, -0.1) is 0 Å². The number of aromatic nitrogens is 2. The van der Waals surface area contributed by atoms with E-state index in [0.717, 1.165) is 18.8 Å². The second kappa shape index (κ2) is 9.61. The summed E-state index contributed by atoms with van der Waals surface area (Å²) in [6, 6.07) is 13.1. The number of nitrogens with one attached hydrogen (secondary N) is 1. The van der Waals surface area contributed by atoms with Crippen molar-refractivity contribution in [3.63, 3.8) is 0 Å². The average molecular weight is 438 g/mol. The first-order chi connectivity index (χ1) is 15.5. The van der Waals surface area contributed by atoms with Crippen molar-refractivity contribution < 1.29 is 23.5 Å². The summed E-state index contributed by atoms with van der Waals surface area (Å²) in [5.74, 6) is -1.55. The van der Waals surface area contributed by atoms with Crippen molar-refractivity contribution in [3.05, 3.63) is 72.6 Å². The van der Waals surface area contributed by atoms with Crippen molar-refractivity contribution in [2.45, 2.75) is 13.0 Å². The molecule has 3 aromatic rings. The molecule has 2 aromatic carbocycles. The smallest absolute Gasteiger partial charge is 0.357 e. The number of carbonyl (C=O) groups excluding carboxylic acids is 2. The molecule has 4 rings (SSSR count). The van der Waals surface area contributed by atoms with E-state index in [4.69, 9.17) is 9.47 Å². The lowest BCUT2D eigenvalue weighted by molar-refractivity contribution is -0.123. The lowest BCUT2D eigenvalue weighted by Gasteiger charge is -2.28. The first-order valence-corrected chi connectivity index (χ1v) is 10.2. The summed E-state index contributed by atoms with van der Waals surface area (Å²) in [5.41, 5.74) is 2.34. The number of ether oxygens (including phenoxy) is 2. The molecule has 1 atom stereocenters. The predicted octanol–water partition coefficient (Wildman–Crippen LogP) is 3.03. The van der Waals surface area contributed by atoms with Crippen LogP contribution in [0.3, 0.4) is 0 Å². The van der Waals surface area contributed by atoms with Gasteiger partial charge in [-0.2, -0.15) is 0 Å². The molecule has 1 amide bonds. The number of amides is 1. The molecule has 2 heterocycles. The Balaban J connectivity index is 1.36. The van der Waals surface area contributed by atoms with E-state index in [2.05, 4.69) is 15.2 Å². The van der Waals surface area contributed by atoms with Crippen molar-refractivity contribution in [2.24, 2.45) is 0 Å². The minimum Gasteiger partial charge on any atom is -0.448 e. The van der Waals surface area contributed by atoms with Crippen LogP contribution in [0, 0.1) is 5.82 Å². The van der Waals surface area contributed by atoms with Gasteiger partial charge in [0.05, 0.1) is 25.7 Å². The summed E-state index contributed by atoms with van der Waals surface area (Å²) in [4.78, 5) is 31.3. The van der Waals surface area contributed by atoms with Crippen LogP contribution in [0.25, 0.3) is 5.69 Å². The summed E-state index contributed by atoms with van der Waals surface area (Å²) in [6.45, 7) is 4.54. The second-order valence-electron chi connectivity index (χ2n) is 7.31. The predicted molar refractivity (Wildman–Crippen MR) is 117 cm³/mol. The summed E-state index contributed by atoms with van der Waals surface area (Å²) in [6.07, 6.45) is 1.73. The lowest BCUT2D eigenvalue weighted by Crippen LogP contribution is -2.36. The SMILES string of the molecule is C[C@@H](OC(=O)c1cncn1-c1ccc(F)cc1)C(=O)Nc1ccc(N2CCOCC2)cc1. The third-order valence-corrected chi connectivity index (χ3v) is 5.12. The summed E-state index contributed by atoms with van der Waals surface area (Å²) < 4.78 is 25.3. The molecule has 32 heavy (non-hydrogen) atoms. The van der Waals surface area contributed by atoms with E-state index < -0.39 is 18.0 Å². The summed E-state index contributed by atoms with van der Waals surface area (Å²) in [7, 11) is 0. The van der Waals surface area contributed by atoms with Gasteiger partial charge in [-0.1, -0.05) is 0 Å². The van der Waals surface area contributed by atoms with Gasteiger partial charge in [0, 0.05) is 30.2 Å². The highest BCUT2D eigenvalue weighted by Gasteiger charge is 2.22. The van der Waals surface area contributed by atoms with E-state index in [9.17, 15) is 14.0 Å². The summed E-state index contributed by atoms with van der Waals surface area (Å²) in [5, 5.41) is 2.75. The third kappa shape index (κ3) is 4.94. The Morgan fingerprint density at radius 1 is 1.06 bits per heavy atom. The van der Waals surface area contributed by atoms with Gasteiger partial charge >= 0.3 is 5.97 Å². The van der Waals surface area contributed by atoms with Crippen molar-refractivity contribution in [1.29, 1.82) is 0 Å². The fraction of sp³-hybridized carbons (Fsp3) is 0.261. The van der Waals surface area contributed by atoms with Crippen LogP contribution in [0.4, 0.5) is 15.8 Å². The van der Waals surface area contributed by atoms with Crippen LogP contribution in [0.2, 0.25) is 0 Å². The van der Waals surface area contributed by atoms with Crippen molar-refractivity contribution in [1.82, 2.24) is 9.55 Å². The number of hydrogen-bond acceptors (Lipinski definition) is 6. The zero-order valence-corrected chi connectivity index (χ0v) is 17.5. The average Bonchev–Trinajstić information content (AvgIpc) is 3.31. The molecule has 0 saturated carbocycles. The number of anilines is 2. The molecule has 0 unspecified atom stereocenters. The monoisotopic (exact) mass is 438 g/mol. The second-order valence-corrected chi connectivity index (χ2v) is 7.31. The van der Waals surface area contributed by atoms with Gasteiger partial charge in [-0.3, -0.25) is 9.36 Å². The zero-order chi connectivity index (χ0) is 22.5. The maximum absolute atomic E-state index is 13.2. The number of esters is 1. The van der Waals surface area contributed by atoms with Gasteiger partial charge in [0.1, 0.15) is 5.82 Å². The molecule has 0 bridgehead atoms. The number of nitrogens with zero attached hydrogens (tertiary/aromatic N) is 3. The molecule has 1 saturated heterocycles. The van der Waals surface area contributed by atoms with Gasteiger partial charge in [0.2, 0.25) is 0 Å². The number of halogens is 1. The molecule has 1 fully saturated rings. The Hall–Kier alpha value is -3.72. The molecule has 0 radical (unpaired) electrons. The Labute approximate surface area is 184 Å². The highest BCUT2D eigenvalue weighted by atomic mass is 19.1. The fourth-order valence-electron chi connectivity index (χ4n) is 3.35. The first kappa shape index (κ1) is 21.5. The van der Waals surface area contributed by atoms with Crippen LogP contribution in [0.15, 0.2) is 61.1 Å². The third-order valence-electron chi connectivity index (χ3n) is 5.12. The number of carbonyl (C=O) groups is 2. The van der Waals surface area contributed by atoms with Gasteiger partial charge < -0.3 is 19.7 Å². The standard InChI is InChI=1S/C23H23FN4O4/c1-16(22(29)26-18-4-8-19(9-5-18)27-10-12-31-13-11-27)32-23(30)21-14-25-15-28(21)20-6-2-17(24)3-7-20/h2-9,14-16H,10-13H2,1H3,(H,26,29)/t16-/m1/s1. The number of rotatable bonds is 6. The van der Waals surface area contributed by atoms with Crippen LogP contribution in [-0.4, -0.2) is 53.8 Å². The lowest BCUT2D eigenvalue weighted by atomic mass is 10.2. The Kier molecular flexibility index (Phi) is 6.46. The molecule has 0 aliphatic carbocycles. The molecule has 1 aromatic heterocycles. The maximum Gasteiger partial charge on any atom is 0.357 e. The number of imidazole rings is 1. The highest BCUT2D eigenvalue weighted by Crippen LogP contribution is 2.19. The van der Waals surface area contributed by atoms with Gasteiger partial charge in [-0.05, 0) is 55.5 Å². The molecule has 8 nitrogen and oxygen atoms in total. The molecule has 166 valence electrons. The molecular formula is C23H23FN4O4. The Morgan fingerprint density at radius 2 is 1.72 bits per heavy atom. The number of benzene rings is 2. The largest absolute Gasteiger partial charge is 0.448 e. The van der Waals surface area contributed by atoms with E-state index >= 15 is 0 Å². The van der Waals surface area contributed by atoms with Crippen LogP contribution < -0.4 is 10.2 Å². The molecule has 1 N–H and O–H groups in total. The summed E-state index contributed by atoms with van der Waals surface area (Å²) >= 11 is 0. The normalized spacial score (nSPS) is 14.6. The van der Waals surface area contributed by atoms with E-state index in [1.54, 1.807) is 12.1 Å². The zero-order valence-electron chi connectivity index (χ0n) is 17.5. The molecule has 0 spiro atoms. The van der Waals surface area contributed by atoms with Crippen LogP contribution >= 0.6 is 0 Å². The minimum absolute atomic E-state index is 0.131. The van der Waals surface area contributed by atoms with E-state index in [0.29, 0.717) is 24.6 Å². The van der Waals surface area contributed by atoms with Gasteiger partial charge in [0.15, 0.2) is 11.8 Å². The Morgan fingerprint density at radius 3 is 2.41 bits per heavy atom. The van der Waals surface area contributed by atoms with E-state index in [1.165, 1.54) is 48.3 Å². The van der Waals surface area contributed by atoms with Crippen LogP contribution in [-0.2, 0) is 14.3 Å². The van der Waals surface area contributed by atoms with Gasteiger partial charge in [-0.25, -0.2) is 14.2 Å². The minimum atomic E-state index is -1.03. The molecule has 1 aliphatic rings. The van der Waals surface area contributed by atoms with Crippen molar-refractivity contribution in [3.8, 4) is 5.69 Å². The van der Waals surface area contributed by atoms with Crippen LogP contribution in [0.5, 0.6) is 0 Å². The maximum atomic E-state index is 13.2. The molecule has 9 heteroatoms. The highest BCUT2D eigenvalue weighted by molar-refractivity contribution is 5.97. The van der Waals surface area contributed by atoms with E-state index in [-0.39, 0.29) is 11.5 Å².